The molecule has 0 aliphatic heterocycles. The highest BCUT2D eigenvalue weighted by Gasteiger charge is 2.17. The highest BCUT2D eigenvalue weighted by atomic mass is 16.5. The predicted molar refractivity (Wildman–Crippen MR) is 82.1 cm³/mol. The van der Waals surface area contributed by atoms with Gasteiger partial charge in [-0.1, -0.05) is 18.2 Å². The van der Waals surface area contributed by atoms with Crippen LogP contribution in [0.5, 0.6) is 0 Å². The lowest BCUT2D eigenvalue weighted by Crippen LogP contribution is -2.14. The topological polar surface area (TPSA) is 85.2 Å². The second-order valence-corrected chi connectivity index (χ2v) is 4.16. The van der Waals surface area contributed by atoms with E-state index in [-0.39, 0.29) is 18.8 Å². The lowest BCUT2D eigenvalue weighted by atomic mass is 10.2. The fraction of sp³-hybridized carbons (Fsp3) is 0.312. The molecule has 0 unspecified atom stereocenters. The minimum absolute atomic E-state index is 0.147. The Balaban J connectivity index is 2.99. The Morgan fingerprint density at radius 1 is 1.14 bits per heavy atom. The normalized spacial score (nSPS) is 11.9. The molecule has 0 aromatic heterocycles. The van der Waals surface area contributed by atoms with Crippen LogP contribution in [-0.2, 0) is 19.1 Å². The minimum atomic E-state index is -0.746. The fourth-order valence-electron chi connectivity index (χ4n) is 1.55. The summed E-state index contributed by atoms with van der Waals surface area (Å²) < 4.78 is 9.59. The first kappa shape index (κ1) is 17.4. The van der Waals surface area contributed by atoms with E-state index in [1.54, 1.807) is 38.1 Å². The minimum Gasteiger partial charge on any atom is -0.511 e. The van der Waals surface area contributed by atoms with Crippen LogP contribution in [-0.4, -0.2) is 36.5 Å². The van der Waals surface area contributed by atoms with Gasteiger partial charge in [0.05, 0.1) is 18.9 Å². The second kappa shape index (κ2) is 9.33. The SMILES string of the molecule is CCOC(=O)C/C(O)=C(\C=Nc1ccccc1)C(=O)OCC. The molecule has 1 rings (SSSR count). The summed E-state index contributed by atoms with van der Waals surface area (Å²) in [5.41, 5.74) is 0.437. The van der Waals surface area contributed by atoms with Crippen molar-refractivity contribution in [3.05, 3.63) is 41.7 Å². The van der Waals surface area contributed by atoms with E-state index >= 15 is 0 Å². The third-order valence-electron chi connectivity index (χ3n) is 2.52. The van der Waals surface area contributed by atoms with Crippen molar-refractivity contribution in [2.75, 3.05) is 13.2 Å². The number of rotatable bonds is 7. The molecule has 0 bridgehead atoms. The van der Waals surface area contributed by atoms with Crippen LogP contribution < -0.4 is 0 Å². The number of hydrogen-bond acceptors (Lipinski definition) is 6. The molecule has 0 amide bonds. The third kappa shape index (κ3) is 5.78. The number of aliphatic imine (C=N–C) groups is 1. The van der Waals surface area contributed by atoms with Gasteiger partial charge in [-0.25, -0.2) is 4.79 Å². The summed E-state index contributed by atoms with van der Waals surface area (Å²) in [6, 6.07) is 8.89. The first-order valence-corrected chi connectivity index (χ1v) is 6.92. The van der Waals surface area contributed by atoms with Crippen LogP contribution in [0.2, 0.25) is 0 Å². The van der Waals surface area contributed by atoms with Gasteiger partial charge in [0, 0.05) is 6.21 Å². The highest BCUT2D eigenvalue weighted by Crippen LogP contribution is 2.13. The lowest BCUT2D eigenvalue weighted by Gasteiger charge is -2.06. The van der Waals surface area contributed by atoms with Crippen LogP contribution in [0, 0.1) is 0 Å². The smallest absolute Gasteiger partial charge is 0.343 e. The van der Waals surface area contributed by atoms with Gasteiger partial charge in [-0.15, -0.1) is 0 Å². The van der Waals surface area contributed by atoms with E-state index < -0.39 is 24.1 Å². The molecule has 0 spiro atoms. The molecule has 118 valence electrons. The molecule has 0 radical (unpaired) electrons. The van der Waals surface area contributed by atoms with Gasteiger partial charge in [0.25, 0.3) is 0 Å². The largest absolute Gasteiger partial charge is 0.511 e. The van der Waals surface area contributed by atoms with E-state index in [2.05, 4.69) is 4.99 Å². The number of carbonyl (C=O) groups is 2. The Morgan fingerprint density at radius 3 is 2.36 bits per heavy atom. The number of esters is 2. The van der Waals surface area contributed by atoms with Gasteiger partial charge in [0.15, 0.2) is 0 Å². The van der Waals surface area contributed by atoms with Crippen molar-refractivity contribution in [1.82, 2.24) is 0 Å². The van der Waals surface area contributed by atoms with Gasteiger partial charge in [-0.3, -0.25) is 9.79 Å². The molecule has 0 fully saturated rings. The molecule has 1 aromatic rings. The number of carbonyl (C=O) groups excluding carboxylic acids is 2. The monoisotopic (exact) mass is 305 g/mol. The summed E-state index contributed by atoms with van der Waals surface area (Å²) >= 11 is 0. The molecular formula is C16H19NO5. The number of aliphatic hydroxyl groups excluding tert-OH is 1. The first-order chi connectivity index (χ1) is 10.6. The molecule has 0 saturated carbocycles. The number of benzene rings is 1. The Hall–Kier alpha value is -2.63. The van der Waals surface area contributed by atoms with Crippen molar-refractivity contribution in [1.29, 1.82) is 0 Å². The summed E-state index contributed by atoms with van der Waals surface area (Å²) in [4.78, 5) is 27.3. The van der Waals surface area contributed by atoms with E-state index in [9.17, 15) is 14.7 Å². The second-order valence-electron chi connectivity index (χ2n) is 4.16. The Bertz CT molecular complexity index is 563. The van der Waals surface area contributed by atoms with Crippen LogP contribution in [0.3, 0.4) is 0 Å². The van der Waals surface area contributed by atoms with Gasteiger partial charge in [0.2, 0.25) is 0 Å². The fourth-order valence-corrected chi connectivity index (χ4v) is 1.55. The summed E-state index contributed by atoms with van der Waals surface area (Å²) in [6.45, 7) is 3.64. The quantitative estimate of drug-likeness (QED) is 0.362. The van der Waals surface area contributed by atoms with E-state index in [0.717, 1.165) is 0 Å². The number of para-hydroxylation sites is 1. The molecule has 0 heterocycles. The maximum Gasteiger partial charge on any atom is 0.343 e. The highest BCUT2D eigenvalue weighted by molar-refractivity contribution is 6.10. The zero-order valence-electron chi connectivity index (χ0n) is 12.6. The molecule has 0 atom stereocenters. The predicted octanol–water partition coefficient (Wildman–Crippen LogP) is 2.72. The van der Waals surface area contributed by atoms with E-state index in [0.29, 0.717) is 5.69 Å². The number of aliphatic hydroxyl groups is 1. The van der Waals surface area contributed by atoms with Crippen molar-refractivity contribution in [3.63, 3.8) is 0 Å². The zero-order chi connectivity index (χ0) is 16.4. The summed E-state index contributed by atoms with van der Waals surface area (Å²) in [6.07, 6.45) is 0.769. The Labute approximate surface area is 129 Å². The van der Waals surface area contributed by atoms with E-state index in [4.69, 9.17) is 9.47 Å². The van der Waals surface area contributed by atoms with Gasteiger partial charge in [-0.05, 0) is 26.0 Å². The van der Waals surface area contributed by atoms with Crippen molar-refractivity contribution in [2.45, 2.75) is 20.3 Å². The third-order valence-corrected chi connectivity index (χ3v) is 2.52. The standard InChI is InChI=1S/C16H19NO5/c1-3-21-15(19)10-14(18)13(16(20)22-4-2)11-17-12-8-6-5-7-9-12/h5-9,11,18H,3-4,10H2,1-2H3/b14-13-,17-11?. The maximum atomic E-state index is 11.9. The average molecular weight is 305 g/mol. The average Bonchev–Trinajstić information content (AvgIpc) is 2.49. The molecule has 22 heavy (non-hydrogen) atoms. The van der Waals surface area contributed by atoms with Crippen molar-refractivity contribution in [3.8, 4) is 0 Å². The van der Waals surface area contributed by atoms with Gasteiger partial charge in [-0.2, -0.15) is 0 Å². The molecule has 1 aromatic carbocycles. The number of nitrogens with zero attached hydrogens (tertiary/aromatic N) is 1. The van der Waals surface area contributed by atoms with E-state index in [1.807, 2.05) is 6.07 Å². The maximum absolute atomic E-state index is 11.9. The molecule has 0 aliphatic rings. The van der Waals surface area contributed by atoms with Crippen molar-refractivity contribution >= 4 is 23.8 Å². The van der Waals surface area contributed by atoms with Gasteiger partial charge >= 0.3 is 11.9 Å². The molecule has 1 N–H and O–H groups in total. The van der Waals surface area contributed by atoms with Crippen molar-refractivity contribution in [2.24, 2.45) is 4.99 Å². The van der Waals surface area contributed by atoms with Gasteiger partial charge < -0.3 is 14.6 Å². The molecule has 6 nitrogen and oxygen atoms in total. The summed E-state index contributed by atoms with van der Waals surface area (Å²) in [7, 11) is 0. The summed E-state index contributed by atoms with van der Waals surface area (Å²) in [5, 5.41) is 9.97. The van der Waals surface area contributed by atoms with E-state index in [1.165, 1.54) is 6.21 Å². The number of hydrogen-bond donors (Lipinski definition) is 1. The van der Waals surface area contributed by atoms with Gasteiger partial charge in [0.1, 0.15) is 17.8 Å². The summed E-state index contributed by atoms with van der Waals surface area (Å²) in [5.74, 6) is -1.81. The van der Waals surface area contributed by atoms with Crippen LogP contribution >= 0.6 is 0 Å². The van der Waals surface area contributed by atoms with Crippen LogP contribution in [0.1, 0.15) is 20.3 Å². The Morgan fingerprint density at radius 2 is 1.77 bits per heavy atom. The van der Waals surface area contributed by atoms with Crippen LogP contribution in [0.15, 0.2) is 46.7 Å². The zero-order valence-corrected chi connectivity index (χ0v) is 12.6. The van der Waals surface area contributed by atoms with Crippen LogP contribution in [0.25, 0.3) is 0 Å². The molecule has 0 aliphatic carbocycles. The molecular weight excluding hydrogens is 286 g/mol. The van der Waals surface area contributed by atoms with Crippen LogP contribution in [0.4, 0.5) is 5.69 Å². The number of ether oxygens (including phenoxy) is 2. The first-order valence-electron chi connectivity index (χ1n) is 6.92. The molecule has 0 saturated heterocycles. The molecule has 6 heteroatoms. The Kier molecular flexibility index (Phi) is 7.39. The van der Waals surface area contributed by atoms with Crippen molar-refractivity contribution < 1.29 is 24.2 Å². The lowest BCUT2D eigenvalue weighted by molar-refractivity contribution is -0.142.